The number of likely N-dealkylation sites (tertiary alicyclic amines) is 1. The molecule has 1 aromatic rings. The van der Waals surface area contributed by atoms with E-state index >= 15 is 0 Å². The lowest BCUT2D eigenvalue weighted by Gasteiger charge is -2.22. The number of hydrogen-bond donors (Lipinski definition) is 0. The number of nitrogens with zero attached hydrogens (tertiary/aromatic N) is 1. The highest BCUT2D eigenvalue weighted by Gasteiger charge is 2.34. The van der Waals surface area contributed by atoms with Crippen molar-refractivity contribution in [2.45, 2.75) is 31.7 Å². The van der Waals surface area contributed by atoms with Gasteiger partial charge in [0.05, 0.1) is 7.11 Å². The zero-order valence-electron chi connectivity index (χ0n) is 11.5. The Balaban J connectivity index is 1.91. The third-order valence-electron chi connectivity index (χ3n) is 3.59. The fourth-order valence-electron chi connectivity index (χ4n) is 2.49. The molecule has 0 spiro atoms. The lowest BCUT2D eigenvalue weighted by Crippen LogP contribution is -2.41. The molecule has 2 rings (SSSR count). The standard InChI is InChI=1S/C15H18ClNO3/c1-20-15(19)13-3-2-10-17(13)14(18)9-6-11-4-7-12(16)8-5-11/h4-5,7-8,13H,2-3,6,9-10H2,1H3. The van der Waals surface area contributed by atoms with Gasteiger partial charge in [-0.3, -0.25) is 4.79 Å². The van der Waals surface area contributed by atoms with Crippen LogP contribution in [-0.4, -0.2) is 36.5 Å². The maximum Gasteiger partial charge on any atom is 0.328 e. The molecule has 108 valence electrons. The Bertz CT molecular complexity index is 486. The van der Waals surface area contributed by atoms with Gasteiger partial charge in [0.15, 0.2) is 0 Å². The largest absolute Gasteiger partial charge is 0.467 e. The van der Waals surface area contributed by atoms with E-state index < -0.39 is 6.04 Å². The number of esters is 1. The van der Waals surface area contributed by atoms with E-state index in [2.05, 4.69) is 0 Å². The Hall–Kier alpha value is -1.55. The molecule has 0 N–H and O–H groups in total. The van der Waals surface area contributed by atoms with Crippen LogP contribution in [0.4, 0.5) is 0 Å². The number of benzene rings is 1. The molecule has 5 heteroatoms. The number of aryl methyl sites for hydroxylation is 1. The van der Waals surface area contributed by atoms with Crippen LogP contribution >= 0.6 is 11.6 Å². The number of rotatable bonds is 4. The minimum absolute atomic E-state index is 0.00727. The summed E-state index contributed by atoms with van der Waals surface area (Å²) in [5.41, 5.74) is 1.07. The monoisotopic (exact) mass is 295 g/mol. The second-order valence-electron chi connectivity index (χ2n) is 4.89. The zero-order valence-corrected chi connectivity index (χ0v) is 12.2. The van der Waals surface area contributed by atoms with Crippen molar-refractivity contribution in [1.82, 2.24) is 4.90 Å². The molecule has 20 heavy (non-hydrogen) atoms. The van der Waals surface area contributed by atoms with Crippen molar-refractivity contribution in [3.8, 4) is 0 Å². The fourth-order valence-corrected chi connectivity index (χ4v) is 2.62. The number of carbonyl (C=O) groups is 2. The van der Waals surface area contributed by atoms with E-state index in [9.17, 15) is 9.59 Å². The van der Waals surface area contributed by atoms with Gasteiger partial charge in [0.2, 0.25) is 5.91 Å². The summed E-state index contributed by atoms with van der Waals surface area (Å²) in [5, 5.41) is 0.686. The molecule has 4 nitrogen and oxygen atoms in total. The number of methoxy groups -OCH3 is 1. The van der Waals surface area contributed by atoms with Crippen LogP contribution in [0.3, 0.4) is 0 Å². The molecular formula is C15H18ClNO3. The van der Waals surface area contributed by atoms with Gasteiger partial charge in [-0.1, -0.05) is 23.7 Å². The molecule has 1 aliphatic heterocycles. The fraction of sp³-hybridized carbons (Fsp3) is 0.467. The summed E-state index contributed by atoms with van der Waals surface area (Å²) in [6.07, 6.45) is 2.60. The normalized spacial score (nSPS) is 18.1. The quantitative estimate of drug-likeness (QED) is 0.802. The van der Waals surface area contributed by atoms with E-state index in [1.54, 1.807) is 4.90 Å². The average Bonchev–Trinajstić information content (AvgIpc) is 2.95. The molecule has 1 amide bonds. The number of ether oxygens (including phenoxy) is 1. The first kappa shape index (κ1) is 14.9. The predicted molar refractivity (Wildman–Crippen MR) is 76.5 cm³/mol. The van der Waals surface area contributed by atoms with E-state index in [1.165, 1.54) is 7.11 Å². The topological polar surface area (TPSA) is 46.6 Å². The van der Waals surface area contributed by atoms with Crippen molar-refractivity contribution >= 4 is 23.5 Å². The highest BCUT2D eigenvalue weighted by Crippen LogP contribution is 2.20. The number of hydrogen-bond acceptors (Lipinski definition) is 3. The lowest BCUT2D eigenvalue weighted by molar-refractivity contribution is -0.150. The molecule has 0 radical (unpaired) electrons. The lowest BCUT2D eigenvalue weighted by atomic mass is 10.1. The van der Waals surface area contributed by atoms with Crippen LogP contribution in [0, 0.1) is 0 Å². The smallest absolute Gasteiger partial charge is 0.328 e. The van der Waals surface area contributed by atoms with Gasteiger partial charge in [-0.25, -0.2) is 4.79 Å². The van der Waals surface area contributed by atoms with E-state index in [0.29, 0.717) is 30.8 Å². The molecule has 0 aromatic heterocycles. The molecule has 1 heterocycles. The maximum atomic E-state index is 12.2. The van der Waals surface area contributed by atoms with Gasteiger partial charge in [-0.15, -0.1) is 0 Å². The van der Waals surface area contributed by atoms with Crippen LogP contribution in [0.1, 0.15) is 24.8 Å². The molecule has 1 aromatic carbocycles. The van der Waals surface area contributed by atoms with Gasteiger partial charge in [-0.2, -0.15) is 0 Å². The third-order valence-corrected chi connectivity index (χ3v) is 3.84. The van der Waals surface area contributed by atoms with Gasteiger partial charge >= 0.3 is 5.97 Å². The Labute approximate surface area is 123 Å². The Morgan fingerprint density at radius 1 is 1.35 bits per heavy atom. The molecule has 1 unspecified atom stereocenters. The van der Waals surface area contributed by atoms with Gasteiger partial charge < -0.3 is 9.64 Å². The van der Waals surface area contributed by atoms with Crippen molar-refractivity contribution in [3.05, 3.63) is 34.9 Å². The summed E-state index contributed by atoms with van der Waals surface area (Å²) < 4.78 is 4.74. The van der Waals surface area contributed by atoms with E-state index in [-0.39, 0.29) is 11.9 Å². The van der Waals surface area contributed by atoms with Crippen molar-refractivity contribution in [2.75, 3.05) is 13.7 Å². The summed E-state index contributed by atoms with van der Waals surface area (Å²) in [6.45, 7) is 0.638. The third kappa shape index (κ3) is 3.51. The number of amides is 1. The summed E-state index contributed by atoms with van der Waals surface area (Å²) in [6, 6.07) is 7.05. The molecule has 1 aliphatic rings. The minimum Gasteiger partial charge on any atom is -0.467 e. The average molecular weight is 296 g/mol. The van der Waals surface area contributed by atoms with Gasteiger partial charge in [0.25, 0.3) is 0 Å². The van der Waals surface area contributed by atoms with Crippen molar-refractivity contribution in [3.63, 3.8) is 0 Å². The molecule has 1 fully saturated rings. The second kappa shape index (κ2) is 6.75. The van der Waals surface area contributed by atoms with Crippen LogP contribution < -0.4 is 0 Å². The Morgan fingerprint density at radius 3 is 2.70 bits per heavy atom. The molecule has 1 atom stereocenters. The SMILES string of the molecule is COC(=O)C1CCCN1C(=O)CCc1ccc(Cl)cc1. The molecular weight excluding hydrogens is 278 g/mol. The van der Waals surface area contributed by atoms with Crippen LogP contribution in [0.15, 0.2) is 24.3 Å². The van der Waals surface area contributed by atoms with Crippen molar-refractivity contribution in [1.29, 1.82) is 0 Å². The maximum absolute atomic E-state index is 12.2. The first-order valence-electron chi connectivity index (χ1n) is 6.73. The number of carbonyl (C=O) groups excluding carboxylic acids is 2. The first-order valence-corrected chi connectivity index (χ1v) is 7.11. The van der Waals surface area contributed by atoms with Gasteiger partial charge in [0, 0.05) is 18.0 Å². The molecule has 0 bridgehead atoms. The first-order chi connectivity index (χ1) is 9.61. The van der Waals surface area contributed by atoms with Gasteiger partial charge in [0.1, 0.15) is 6.04 Å². The van der Waals surface area contributed by atoms with Crippen molar-refractivity contribution < 1.29 is 14.3 Å². The van der Waals surface area contributed by atoms with Crippen LogP contribution in [0.25, 0.3) is 0 Å². The summed E-state index contributed by atoms with van der Waals surface area (Å²) in [5.74, 6) is -0.310. The van der Waals surface area contributed by atoms with Crippen molar-refractivity contribution in [2.24, 2.45) is 0 Å². The predicted octanol–water partition coefficient (Wildman–Crippen LogP) is 2.44. The van der Waals surface area contributed by atoms with Crippen LogP contribution in [0.5, 0.6) is 0 Å². The summed E-state index contributed by atoms with van der Waals surface area (Å²) in [4.78, 5) is 25.5. The minimum atomic E-state index is -0.405. The van der Waals surface area contributed by atoms with E-state index in [0.717, 1.165) is 12.0 Å². The van der Waals surface area contributed by atoms with E-state index in [4.69, 9.17) is 16.3 Å². The summed E-state index contributed by atoms with van der Waals surface area (Å²) in [7, 11) is 1.36. The van der Waals surface area contributed by atoms with Crippen LogP contribution in [0.2, 0.25) is 5.02 Å². The molecule has 0 saturated carbocycles. The summed E-state index contributed by atoms with van der Waals surface area (Å²) >= 11 is 5.82. The van der Waals surface area contributed by atoms with Gasteiger partial charge in [-0.05, 0) is 37.0 Å². The molecule has 1 saturated heterocycles. The number of halogens is 1. The van der Waals surface area contributed by atoms with E-state index in [1.807, 2.05) is 24.3 Å². The second-order valence-corrected chi connectivity index (χ2v) is 5.33. The van der Waals surface area contributed by atoms with Crippen LogP contribution in [-0.2, 0) is 20.7 Å². The Kier molecular flexibility index (Phi) is 5.01. The Morgan fingerprint density at radius 2 is 2.05 bits per heavy atom. The highest BCUT2D eigenvalue weighted by molar-refractivity contribution is 6.30. The highest BCUT2D eigenvalue weighted by atomic mass is 35.5. The zero-order chi connectivity index (χ0) is 14.5. The molecule has 0 aliphatic carbocycles.